The van der Waals surface area contributed by atoms with Gasteiger partial charge in [0, 0.05) is 17.7 Å². The normalized spacial score (nSPS) is 13.8. The molecule has 1 aromatic carbocycles. The van der Waals surface area contributed by atoms with Crippen LogP contribution in [0.15, 0.2) is 23.2 Å². The van der Waals surface area contributed by atoms with E-state index in [1.165, 1.54) is 23.9 Å². The van der Waals surface area contributed by atoms with Crippen molar-refractivity contribution in [2.45, 2.75) is 6.61 Å². The zero-order valence-corrected chi connectivity index (χ0v) is 8.78. The smallest absolute Gasteiger partial charge is 0.269 e. The fourth-order valence-electron chi connectivity index (χ4n) is 1.28. The molecular weight excluding hydrogens is 216 g/mol. The van der Waals surface area contributed by atoms with Crippen LogP contribution in [0.4, 0.5) is 11.4 Å². The molecule has 5 nitrogen and oxygen atoms in total. The zero-order valence-electron chi connectivity index (χ0n) is 7.97. The van der Waals surface area contributed by atoms with Crippen molar-refractivity contribution in [2.24, 2.45) is 4.99 Å². The van der Waals surface area contributed by atoms with Gasteiger partial charge in [-0.3, -0.25) is 10.1 Å². The van der Waals surface area contributed by atoms with Crippen LogP contribution in [0.2, 0.25) is 0 Å². The van der Waals surface area contributed by atoms with Gasteiger partial charge in [0.1, 0.15) is 6.61 Å². The molecule has 1 aliphatic heterocycles. The third-order valence-corrected chi connectivity index (χ3v) is 2.57. The van der Waals surface area contributed by atoms with E-state index in [0.29, 0.717) is 11.8 Å². The average Bonchev–Trinajstić information content (AvgIpc) is 2.27. The summed E-state index contributed by atoms with van der Waals surface area (Å²) in [7, 11) is 0. The number of hydrogen-bond donors (Lipinski definition) is 0. The summed E-state index contributed by atoms with van der Waals surface area (Å²) in [4.78, 5) is 14.3. The van der Waals surface area contributed by atoms with Crippen molar-refractivity contribution in [1.82, 2.24) is 0 Å². The van der Waals surface area contributed by atoms with E-state index in [4.69, 9.17) is 4.74 Å². The molecule has 0 unspecified atom stereocenters. The van der Waals surface area contributed by atoms with Crippen LogP contribution in [0.3, 0.4) is 0 Å². The molecule has 0 radical (unpaired) electrons. The average molecular weight is 224 g/mol. The molecule has 0 aromatic heterocycles. The largest absolute Gasteiger partial charge is 0.468 e. The summed E-state index contributed by atoms with van der Waals surface area (Å²) in [6.07, 6.45) is 1.87. The highest BCUT2D eigenvalue weighted by Crippen LogP contribution is 2.29. The highest BCUT2D eigenvalue weighted by Gasteiger charge is 2.15. The van der Waals surface area contributed by atoms with Crippen molar-refractivity contribution < 1.29 is 9.66 Å². The fraction of sp³-hybridized carbons (Fsp3) is 0.222. The number of benzene rings is 1. The third-order valence-electron chi connectivity index (χ3n) is 2.01. The number of nitrogens with zero attached hydrogens (tertiary/aromatic N) is 2. The van der Waals surface area contributed by atoms with Gasteiger partial charge in [-0.1, -0.05) is 11.8 Å². The second-order valence-corrected chi connectivity index (χ2v) is 3.70. The topological polar surface area (TPSA) is 64.7 Å². The van der Waals surface area contributed by atoms with Crippen molar-refractivity contribution >= 4 is 28.4 Å². The minimum Gasteiger partial charge on any atom is -0.468 e. The van der Waals surface area contributed by atoms with Gasteiger partial charge in [0.2, 0.25) is 0 Å². The lowest BCUT2D eigenvalue weighted by Crippen LogP contribution is -2.05. The Hall–Kier alpha value is -1.56. The number of non-ortho nitro benzene ring substituents is 1. The molecule has 15 heavy (non-hydrogen) atoms. The molecule has 78 valence electrons. The van der Waals surface area contributed by atoms with Crippen molar-refractivity contribution in [1.29, 1.82) is 0 Å². The third kappa shape index (κ3) is 1.94. The van der Waals surface area contributed by atoms with Crippen LogP contribution in [0, 0.1) is 10.1 Å². The molecular formula is C9H8N2O3S. The number of nitro benzene ring substituents is 1. The number of fused-ring (bicyclic) bond motifs is 1. The maximum absolute atomic E-state index is 10.5. The molecule has 0 fully saturated rings. The van der Waals surface area contributed by atoms with Gasteiger partial charge >= 0.3 is 0 Å². The Balaban J connectivity index is 2.41. The van der Waals surface area contributed by atoms with E-state index >= 15 is 0 Å². The maximum Gasteiger partial charge on any atom is 0.269 e. The summed E-state index contributed by atoms with van der Waals surface area (Å²) in [5, 5.41) is 11.1. The predicted molar refractivity (Wildman–Crippen MR) is 58.5 cm³/mol. The first-order valence-electron chi connectivity index (χ1n) is 4.23. The van der Waals surface area contributed by atoms with E-state index in [0.717, 1.165) is 11.3 Å². The van der Waals surface area contributed by atoms with Crippen LogP contribution < -0.4 is 0 Å². The van der Waals surface area contributed by atoms with Gasteiger partial charge in [0.25, 0.3) is 10.9 Å². The molecule has 1 aromatic rings. The van der Waals surface area contributed by atoms with Crippen LogP contribution in [0.5, 0.6) is 0 Å². The monoisotopic (exact) mass is 224 g/mol. The fourth-order valence-corrected chi connectivity index (χ4v) is 1.65. The Morgan fingerprint density at radius 1 is 1.60 bits per heavy atom. The summed E-state index contributed by atoms with van der Waals surface area (Å²) in [6.45, 7) is 0.344. The first-order chi connectivity index (χ1) is 7.20. The second-order valence-electron chi connectivity index (χ2n) is 2.94. The van der Waals surface area contributed by atoms with Gasteiger partial charge in [0.15, 0.2) is 0 Å². The molecule has 0 atom stereocenters. The number of aliphatic imine (C=N–C) groups is 1. The second kappa shape index (κ2) is 3.90. The SMILES string of the molecule is CSC1=Nc2ccc([N+](=O)[O-])cc2CO1. The lowest BCUT2D eigenvalue weighted by molar-refractivity contribution is -0.384. The zero-order chi connectivity index (χ0) is 10.8. The highest BCUT2D eigenvalue weighted by atomic mass is 32.2. The minimum absolute atomic E-state index is 0.0696. The van der Waals surface area contributed by atoms with Crippen LogP contribution in [0.1, 0.15) is 5.56 Å². The van der Waals surface area contributed by atoms with Gasteiger partial charge in [-0.2, -0.15) is 0 Å². The Labute approximate surface area is 90.3 Å². The number of thioether (sulfide) groups is 1. The number of nitro groups is 1. The van der Waals surface area contributed by atoms with Crippen LogP contribution >= 0.6 is 11.8 Å². The van der Waals surface area contributed by atoms with Crippen molar-refractivity contribution in [2.75, 3.05) is 6.26 Å². The van der Waals surface area contributed by atoms with E-state index in [1.807, 2.05) is 6.26 Å². The Morgan fingerprint density at radius 2 is 2.40 bits per heavy atom. The van der Waals surface area contributed by atoms with Crippen molar-refractivity contribution in [3.8, 4) is 0 Å². The van der Waals surface area contributed by atoms with Gasteiger partial charge in [-0.15, -0.1) is 0 Å². The Bertz CT molecular complexity index is 445. The molecule has 0 spiro atoms. The van der Waals surface area contributed by atoms with Crippen molar-refractivity contribution in [3.63, 3.8) is 0 Å². The summed E-state index contributed by atoms with van der Waals surface area (Å²) in [5.74, 6) is 0. The Morgan fingerprint density at radius 3 is 3.07 bits per heavy atom. The number of hydrogen-bond acceptors (Lipinski definition) is 5. The van der Waals surface area contributed by atoms with E-state index in [2.05, 4.69) is 4.99 Å². The maximum atomic E-state index is 10.5. The van der Waals surface area contributed by atoms with Crippen LogP contribution in [-0.2, 0) is 11.3 Å². The van der Waals surface area contributed by atoms with Crippen LogP contribution in [0.25, 0.3) is 0 Å². The first kappa shape index (κ1) is 9.97. The molecule has 0 bridgehead atoms. The highest BCUT2D eigenvalue weighted by molar-refractivity contribution is 8.12. The molecule has 0 saturated carbocycles. The summed E-state index contributed by atoms with van der Waals surface area (Å²) in [6, 6.07) is 4.59. The minimum atomic E-state index is -0.423. The number of ether oxygens (including phenoxy) is 1. The number of rotatable bonds is 1. The van der Waals surface area contributed by atoms with Crippen LogP contribution in [-0.4, -0.2) is 16.4 Å². The first-order valence-corrected chi connectivity index (χ1v) is 5.46. The lowest BCUT2D eigenvalue weighted by Gasteiger charge is -2.14. The quantitative estimate of drug-likeness (QED) is 0.543. The molecule has 0 saturated heterocycles. The molecule has 6 heteroatoms. The van der Waals surface area contributed by atoms with E-state index < -0.39 is 4.92 Å². The molecule has 2 rings (SSSR count). The van der Waals surface area contributed by atoms with E-state index in [9.17, 15) is 10.1 Å². The van der Waals surface area contributed by atoms with E-state index in [1.54, 1.807) is 6.07 Å². The van der Waals surface area contributed by atoms with Gasteiger partial charge in [-0.25, -0.2) is 4.99 Å². The van der Waals surface area contributed by atoms with Gasteiger partial charge in [0.05, 0.1) is 10.6 Å². The Kier molecular flexibility index (Phi) is 2.59. The summed E-state index contributed by atoms with van der Waals surface area (Å²) >= 11 is 1.41. The molecule has 0 N–H and O–H groups in total. The summed E-state index contributed by atoms with van der Waals surface area (Å²) < 4.78 is 5.28. The molecule has 0 aliphatic carbocycles. The van der Waals surface area contributed by atoms with Gasteiger partial charge < -0.3 is 4.74 Å². The molecule has 1 heterocycles. The summed E-state index contributed by atoms with van der Waals surface area (Å²) in [5.41, 5.74) is 1.57. The predicted octanol–water partition coefficient (Wildman–Crippen LogP) is 2.48. The van der Waals surface area contributed by atoms with Crippen molar-refractivity contribution in [3.05, 3.63) is 33.9 Å². The lowest BCUT2D eigenvalue weighted by atomic mass is 10.1. The van der Waals surface area contributed by atoms with E-state index in [-0.39, 0.29) is 5.69 Å². The van der Waals surface area contributed by atoms with Gasteiger partial charge in [-0.05, 0) is 12.3 Å². The molecule has 1 aliphatic rings. The standard InChI is InChI=1S/C9H8N2O3S/c1-15-9-10-8-3-2-7(11(12)13)4-6(8)5-14-9/h2-4H,5H2,1H3. The molecule has 0 amide bonds.